The van der Waals surface area contributed by atoms with E-state index in [1.165, 1.54) is 0 Å². The number of aromatic amines is 1. The summed E-state index contributed by atoms with van der Waals surface area (Å²) in [6.45, 7) is 1.90. The van der Waals surface area contributed by atoms with Crippen LogP contribution in [0, 0.1) is 0 Å². The van der Waals surface area contributed by atoms with Gasteiger partial charge in [0.25, 0.3) is 0 Å². The maximum atomic E-state index is 11.1. The number of anilines is 1. The first kappa shape index (κ1) is 17.4. The van der Waals surface area contributed by atoms with E-state index in [4.69, 9.17) is 4.98 Å². The normalized spacial score (nSPS) is 16.8. The first-order valence-corrected chi connectivity index (χ1v) is 9.04. The largest absolute Gasteiger partial charge is 0.373 e. The Morgan fingerprint density at radius 1 is 1.19 bits per heavy atom. The molecule has 0 unspecified atom stereocenters. The number of carbonyl (C=O) groups is 1. The second kappa shape index (κ2) is 7.28. The molecule has 1 aromatic carbocycles. The molecule has 1 fully saturated rings. The van der Waals surface area contributed by atoms with Crippen molar-refractivity contribution < 1.29 is 4.79 Å². The molecular weight excluding hydrogens is 340 g/mol. The van der Waals surface area contributed by atoms with Crippen molar-refractivity contribution in [3.8, 4) is 11.4 Å². The molecule has 3 aromatic rings. The van der Waals surface area contributed by atoms with E-state index >= 15 is 0 Å². The molecule has 2 aromatic heterocycles. The molecule has 0 bridgehead atoms. The van der Waals surface area contributed by atoms with Crippen LogP contribution in [0.4, 0.5) is 5.69 Å². The maximum absolute atomic E-state index is 11.1. The van der Waals surface area contributed by atoms with Gasteiger partial charge in [-0.05, 0) is 44.2 Å². The zero-order valence-corrected chi connectivity index (χ0v) is 15.2. The Morgan fingerprint density at radius 2 is 1.96 bits per heavy atom. The number of nitrogens with zero attached hydrogens (tertiary/aromatic N) is 4. The number of hydrogen-bond donors (Lipinski definition) is 2. The summed E-state index contributed by atoms with van der Waals surface area (Å²) in [5.74, 6) is 1.48. The van der Waals surface area contributed by atoms with Gasteiger partial charge in [-0.25, -0.2) is 4.98 Å². The van der Waals surface area contributed by atoms with E-state index in [1.54, 1.807) is 18.5 Å². The predicted molar refractivity (Wildman–Crippen MR) is 103 cm³/mol. The lowest BCUT2D eigenvalue weighted by molar-refractivity contribution is 0.112. The van der Waals surface area contributed by atoms with Crippen molar-refractivity contribution >= 4 is 12.0 Å². The van der Waals surface area contributed by atoms with Crippen molar-refractivity contribution in [2.24, 2.45) is 0 Å². The number of hydrogen-bond acceptors (Lipinski definition) is 6. The third kappa shape index (κ3) is 3.59. The van der Waals surface area contributed by atoms with Gasteiger partial charge in [0.2, 0.25) is 0 Å². The fourth-order valence-electron chi connectivity index (χ4n) is 3.49. The Morgan fingerprint density at radius 3 is 2.70 bits per heavy atom. The molecule has 7 nitrogen and oxygen atoms in total. The molecule has 1 saturated heterocycles. The minimum Gasteiger partial charge on any atom is -0.373 e. The SMILES string of the molecule is CN1CCC(Nc2cccc(C=O)c2)(c2nc(-c3ccncc3)n[nH]2)CC1. The highest BCUT2D eigenvalue weighted by Crippen LogP contribution is 2.35. The van der Waals surface area contributed by atoms with Crippen molar-refractivity contribution in [1.82, 2.24) is 25.1 Å². The summed E-state index contributed by atoms with van der Waals surface area (Å²) in [6, 6.07) is 11.3. The second-order valence-corrected chi connectivity index (χ2v) is 7.00. The van der Waals surface area contributed by atoms with Gasteiger partial charge in [-0.2, -0.15) is 5.10 Å². The van der Waals surface area contributed by atoms with Gasteiger partial charge in [0.1, 0.15) is 6.29 Å². The molecule has 3 heterocycles. The number of H-pyrrole nitrogens is 1. The molecule has 1 aliphatic rings. The summed E-state index contributed by atoms with van der Waals surface area (Å²) in [5, 5.41) is 11.2. The highest BCUT2D eigenvalue weighted by molar-refractivity contribution is 5.77. The highest BCUT2D eigenvalue weighted by Gasteiger charge is 2.38. The van der Waals surface area contributed by atoms with Crippen molar-refractivity contribution in [3.05, 3.63) is 60.2 Å². The van der Waals surface area contributed by atoms with Gasteiger partial charge < -0.3 is 10.2 Å². The van der Waals surface area contributed by atoms with Crippen LogP contribution in [0.1, 0.15) is 29.0 Å². The summed E-state index contributed by atoms with van der Waals surface area (Å²) in [5.41, 5.74) is 2.13. The van der Waals surface area contributed by atoms with Crippen LogP contribution in [-0.2, 0) is 5.54 Å². The smallest absolute Gasteiger partial charge is 0.181 e. The molecule has 27 heavy (non-hydrogen) atoms. The predicted octanol–water partition coefficient (Wildman–Crippen LogP) is 2.71. The Balaban J connectivity index is 1.68. The fourth-order valence-corrected chi connectivity index (χ4v) is 3.49. The molecule has 0 radical (unpaired) electrons. The Kier molecular flexibility index (Phi) is 4.68. The molecular formula is C20H22N6O. The van der Waals surface area contributed by atoms with Gasteiger partial charge in [-0.3, -0.25) is 14.9 Å². The molecule has 2 N–H and O–H groups in total. The van der Waals surface area contributed by atoms with Crippen LogP contribution in [0.2, 0.25) is 0 Å². The number of pyridine rings is 1. The van der Waals surface area contributed by atoms with Crippen molar-refractivity contribution in [2.75, 3.05) is 25.5 Å². The van der Waals surface area contributed by atoms with Gasteiger partial charge in [-0.15, -0.1) is 0 Å². The van der Waals surface area contributed by atoms with Crippen molar-refractivity contribution in [3.63, 3.8) is 0 Å². The van der Waals surface area contributed by atoms with E-state index < -0.39 is 0 Å². The third-order valence-electron chi connectivity index (χ3n) is 5.12. The van der Waals surface area contributed by atoms with Crippen LogP contribution in [-0.4, -0.2) is 51.5 Å². The van der Waals surface area contributed by atoms with Gasteiger partial charge >= 0.3 is 0 Å². The van der Waals surface area contributed by atoms with Crippen molar-refractivity contribution in [1.29, 1.82) is 0 Å². The average Bonchev–Trinajstić information content (AvgIpc) is 3.22. The molecule has 0 saturated carbocycles. The molecule has 0 aliphatic carbocycles. The quantitative estimate of drug-likeness (QED) is 0.679. The minimum absolute atomic E-state index is 0.355. The number of nitrogens with one attached hydrogen (secondary N) is 2. The van der Waals surface area contributed by atoms with Gasteiger partial charge in [-0.1, -0.05) is 12.1 Å². The zero-order chi connectivity index (χ0) is 18.7. The van der Waals surface area contributed by atoms with E-state index in [0.717, 1.165) is 49.3 Å². The highest BCUT2D eigenvalue weighted by atomic mass is 16.1. The Bertz CT molecular complexity index is 915. The van der Waals surface area contributed by atoms with Crippen LogP contribution < -0.4 is 5.32 Å². The second-order valence-electron chi connectivity index (χ2n) is 7.00. The number of aldehydes is 1. The standard InChI is InChI=1S/C20H22N6O/c1-26-11-7-20(8-12-26,23-17-4-2-3-15(13-17)14-27)19-22-18(24-25-19)16-5-9-21-10-6-16/h2-6,9-10,13-14,23H,7-8,11-12H2,1H3,(H,22,24,25). The molecule has 0 spiro atoms. The lowest BCUT2D eigenvalue weighted by Crippen LogP contribution is -2.46. The lowest BCUT2D eigenvalue weighted by atomic mass is 9.86. The van der Waals surface area contributed by atoms with Crippen molar-refractivity contribution in [2.45, 2.75) is 18.4 Å². The zero-order valence-electron chi connectivity index (χ0n) is 15.2. The number of aromatic nitrogens is 4. The van der Waals surface area contributed by atoms with Crippen LogP contribution in [0.15, 0.2) is 48.8 Å². The Labute approximate surface area is 157 Å². The number of benzene rings is 1. The minimum atomic E-state index is -0.355. The topological polar surface area (TPSA) is 86.8 Å². The van der Waals surface area contributed by atoms with E-state index in [0.29, 0.717) is 11.4 Å². The average molecular weight is 362 g/mol. The van der Waals surface area contributed by atoms with E-state index in [-0.39, 0.29) is 5.54 Å². The van der Waals surface area contributed by atoms with Crippen LogP contribution >= 0.6 is 0 Å². The molecule has 0 amide bonds. The van der Waals surface area contributed by atoms with Crippen LogP contribution in [0.3, 0.4) is 0 Å². The summed E-state index contributed by atoms with van der Waals surface area (Å²) in [6.07, 6.45) is 6.11. The first-order chi connectivity index (χ1) is 13.2. The fraction of sp³-hybridized carbons (Fsp3) is 0.300. The monoisotopic (exact) mass is 362 g/mol. The molecule has 4 rings (SSSR count). The van der Waals surface area contributed by atoms with E-state index in [9.17, 15) is 4.79 Å². The van der Waals surface area contributed by atoms with E-state index in [2.05, 4.69) is 32.4 Å². The maximum Gasteiger partial charge on any atom is 0.181 e. The van der Waals surface area contributed by atoms with Crippen LogP contribution in [0.25, 0.3) is 11.4 Å². The van der Waals surface area contributed by atoms with E-state index in [1.807, 2.05) is 30.3 Å². The van der Waals surface area contributed by atoms with Crippen LogP contribution in [0.5, 0.6) is 0 Å². The number of rotatable bonds is 5. The third-order valence-corrected chi connectivity index (χ3v) is 5.12. The molecule has 1 aliphatic heterocycles. The Hall–Kier alpha value is -3.06. The van der Waals surface area contributed by atoms with Gasteiger partial charge in [0, 0.05) is 42.3 Å². The summed E-state index contributed by atoms with van der Waals surface area (Å²) in [7, 11) is 2.12. The van der Waals surface area contributed by atoms with Gasteiger partial charge in [0.15, 0.2) is 11.6 Å². The number of likely N-dealkylation sites (tertiary alicyclic amines) is 1. The number of carbonyl (C=O) groups excluding carboxylic acids is 1. The summed E-state index contributed by atoms with van der Waals surface area (Å²) < 4.78 is 0. The summed E-state index contributed by atoms with van der Waals surface area (Å²) in [4.78, 5) is 22.3. The molecule has 138 valence electrons. The lowest BCUT2D eigenvalue weighted by Gasteiger charge is -2.40. The summed E-state index contributed by atoms with van der Waals surface area (Å²) >= 11 is 0. The number of piperidine rings is 1. The molecule has 7 heteroatoms. The first-order valence-electron chi connectivity index (χ1n) is 9.04. The molecule has 0 atom stereocenters. The van der Waals surface area contributed by atoms with Gasteiger partial charge in [0.05, 0.1) is 5.54 Å².